The Labute approximate surface area is 108 Å². The van der Waals surface area contributed by atoms with E-state index in [-0.39, 0.29) is 0 Å². The molecule has 0 unspecified atom stereocenters. The molecule has 0 heterocycles. The molecule has 2 fully saturated rings. The van der Waals surface area contributed by atoms with E-state index in [4.69, 9.17) is 4.74 Å². The zero-order valence-corrected chi connectivity index (χ0v) is 12.6. The van der Waals surface area contributed by atoms with Crippen LogP contribution in [0.25, 0.3) is 0 Å². The van der Waals surface area contributed by atoms with Crippen LogP contribution in [-0.2, 0) is 4.74 Å². The van der Waals surface area contributed by atoms with Crippen LogP contribution in [0.2, 0.25) is 0 Å². The molecule has 0 aromatic rings. The van der Waals surface area contributed by atoms with E-state index in [9.17, 15) is 0 Å². The largest absolute Gasteiger partial charge is 0.378 e. The molecule has 0 radical (unpaired) electrons. The van der Waals surface area contributed by atoms with E-state index in [1.807, 2.05) is 13.8 Å². The van der Waals surface area contributed by atoms with Crippen LogP contribution in [0, 0.1) is 17.3 Å². The molecule has 2 saturated carbocycles. The first-order valence-corrected chi connectivity index (χ1v) is 7.77. The first-order valence-electron chi connectivity index (χ1n) is 7.77. The summed E-state index contributed by atoms with van der Waals surface area (Å²) in [5.41, 5.74) is 0.714. The Hall–Kier alpha value is -0.0400. The average molecular weight is 240 g/mol. The van der Waals surface area contributed by atoms with Crippen LogP contribution in [-0.4, -0.2) is 12.7 Å². The van der Waals surface area contributed by atoms with Gasteiger partial charge >= 0.3 is 0 Å². The summed E-state index contributed by atoms with van der Waals surface area (Å²) in [6.07, 6.45) is 9.19. The van der Waals surface area contributed by atoms with Crippen molar-refractivity contribution < 1.29 is 4.74 Å². The highest BCUT2D eigenvalue weighted by Crippen LogP contribution is 2.54. The smallest absolute Gasteiger partial charge is 0.0585 e. The molecule has 0 atom stereocenters. The van der Waals surface area contributed by atoms with Gasteiger partial charge in [-0.25, -0.2) is 0 Å². The topological polar surface area (TPSA) is 9.23 Å². The molecule has 0 aromatic heterocycles. The van der Waals surface area contributed by atoms with Gasteiger partial charge in [-0.2, -0.15) is 0 Å². The molecule has 0 amide bonds. The van der Waals surface area contributed by atoms with Crippen LogP contribution >= 0.6 is 0 Å². The summed E-state index contributed by atoms with van der Waals surface area (Å²) in [6.45, 7) is 11.8. The molecule has 2 aliphatic rings. The maximum Gasteiger partial charge on any atom is 0.0585 e. The van der Waals surface area contributed by atoms with Gasteiger partial charge in [-0.15, -0.1) is 0 Å². The fourth-order valence-corrected chi connectivity index (χ4v) is 3.59. The Morgan fingerprint density at radius 2 is 1.65 bits per heavy atom. The van der Waals surface area contributed by atoms with Gasteiger partial charge in [0.1, 0.15) is 0 Å². The molecule has 1 nitrogen and oxygen atoms in total. The predicted octanol–water partition coefficient (Wildman–Crippen LogP) is 5.04. The highest BCUT2D eigenvalue weighted by molar-refractivity contribution is 4.97. The van der Waals surface area contributed by atoms with Gasteiger partial charge in [-0.1, -0.05) is 27.7 Å². The Balaban J connectivity index is 0.000000686. The maximum atomic E-state index is 5.68. The number of ether oxygens (including phenoxy) is 1. The maximum absolute atomic E-state index is 5.68. The summed E-state index contributed by atoms with van der Waals surface area (Å²) in [7, 11) is 0. The Bertz CT molecular complexity index is 194. The summed E-state index contributed by atoms with van der Waals surface area (Å²) in [5.74, 6) is 1.90. The minimum absolute atomic E-state index is 0.602. The predicted molar refractivity (Wildman–Crippen MR) is 75.2 cm³/mol. The van der Waals surface area contributed by atoms with Gasteiger partial charge in [0, 0.05) is 6.61 Å². The SMILES string of the molecule is CC.CCOC1CC2(CCC(C(C)C)CC2)C1. The molecule has 17 heavy (non-hydrogen) atoms. The zero-order valence-electron chi connectivity index (χ0n) is 12.6. The Kier molecular flexibility index (Phi) is 5.99. The third kappa shape index (κ3) is 3.71. The van der Waals surface area contributed by atoms with Crippen LogP contribution < -0.4 is 0 Å². The van der Waals surface area contributed by atoms with E-state index in [2.05, 4.69) is 20.8 Å². The third-order valence-corrected chi connectivity index (χ3v) is 4.76. The van der Waals surface area contributed by atoms with Gasteiger partial charge in [0.25, 0.3) is 0 Å². The second-order valence-electron chi connectivity index (χ2n) is 6.07. The van der Waals surface area contributed by atoms with Crippen molar-refractivity contribution in [2.75, 3.05) is 6.61 Å². The third-order valence-electron chi connectivity index (χ3n) is 4.76. The number of hydrogen-bond acceptors (Lipinski definition) is 1. The van der Waals surface area contributed by atoms with Crippen molar-refractivity contribution in [1.29, 1.82) is 0 Å². The first-order chi connectivity index (χ1) is 8.15. The molecule has 0 aliphatic heterocycles. The molecule has 2 aliphatic carbocycles. The summed E-state index contributed by atoms with van der Waals surface area (Å²) < 4.78 is 5.68. The fourth-order valence-electron chi connectivity index (χ4n) is 3.59. The molecule has 1 heteroatoms. The second-order valence-corrected chi connectivity index (χ2v) is 6.07. The van der Waals surface area contributed by atoms with E-state index in [0.29, 0.717) is 11.5 Å². The van der Waals surface area contributed by atoms with E-state index in [1.54, 1.807) is 0 Å². The monoisotopic (exact) mass is 240 g/mol. The summed E-state index contributed by atoms with van der Waals surface area (Å²) in [6, 6.07) is 0. The minimum atomic E-state index is 0.602. The van der Waals surface area contributed by atoms with Gasteiger partial charge in [0.05, 0.1) is 6.10 Å². The summed E-state index contributed by atoms with van der Waals surface area (Å²) in [5, 5.41) is 0. The molecule has 0 N–H and O–H groups in total. The Morgan fingerprint density at radius 3 is 2.06 bits per heavy atom. The fraction of sp³-hybridized carbons (Fsp3) is 1.00. The van der Waals surface area contributed by atoms with Crippen LogP contribution in [0.3, 0.4) is 0 Å². The van der Waals surface area contributed by atoms with Crippen molar-refractivity contribution in [3.8, 4) is 0 Å². The van der Waals surface area contributed by atoms with Gasteiger partial charge in [0.15, 0.2) is 0 Å². The lowest BCUT2D eigenvalue weighted by Crippen LogP contribution is -2.45. The molecule has 2 rings (SSSR count). The molecular formula is C16H32O. The normalized spacial score (nSPS) is 36.4. The van der Waals surface area contributed by atoms with Crippen LogP contribution in [0.5, 0.6) is 0 Å². The van der Waals surface area contributed by atoms with Crippen LogP contribution in [0.1, 0.15) is 73.1 Å². The lowest BCUT2D eigenvalue weighted by molar-refractivity contribution is -0.0995. The molecule has 0 bridgehead atoms. The highest BCUT2D eigenvalue weighted by Gasteiger charge is 2.46. The van der Waals surface area contributed by atoms with E-state index >= 15 is 0 Å². The van der Waals surface area contributed by atoms with E-state index in [1.165, 1.54) is 38.5 Å². The van der Waals surface area contributed by atoms with Crippen molar-refractivity contribution >= 4 is 0 Å². The Morgan fingerprint density at radius 1 is 1.12 bits per heavy atom. The molecule has 0 aromatic carbocycles. The van der Waals surface area contributed by atoms with Crippen molar-refractivity contribution in [1.82, 2.24) is 0 Å². The van der Waals surface area contributed by atoms with Crippen LogP contribution in [0.15, 0.2) is 0 Å². The minimum Gasteiger partial charge on any atom is -0.378 e. The average Bonchev–Trinajstić information content (AvgIpc) is 2.31. The van der Waals surface area contributed by atoms with Crippen molar-refractivity contribution in [2.45, 2.75) is 79.2 Å². The molecule has 102 valence electrons. The summed E-state index contributed by atoms with van der Waals surface area (Å²) in [4.78, 5) is 0. The summed E-state index contributed by atoms with van der Waals surface area (Å²) >= 11 is 0. The molecule has 1 spiro atoms. The molecular weight excluding hydrogens is 208 g/mol. The van der Waals surface area contributed by atoms with Crippen LogP contribution in [0.4, 0.5) is 0 Å². The van der Waals surface area contributed by atoms with Gasteiger partial charge in [-0.05, 0) is 62.7 Å². The van der Waals surface area contributed by atoms with Crippen molar-refractivity contribution in [2.24, 2.45) is 17.3 Å². The zero-order chi connectivity index (χ0) is 12.9. The highest BCUT2D eigenvalue weighted by atomic mass is 16.5. The molecule has 0 saturated heterocycles. The van der Waals surface area contributed by atoms with Crippen molar-refractivity contribution in [3.63, 3.8) is 0 Å². The quantitative estimate of drug-likeness (QED) is 0.671. The van der Waals surface area contributed by atoms with E-state index in [0.717, 1.165) is 18.4 Å². The number of hydrogen-bond donors (Lipinski definition) is 0. The number of rotatable bonds is 3. The van der Waals surface area contributed by atoms with Gasteiger partial charge in [-0.3, -0.25) is 0 Å². The second kappa shape index (κ2) is 6.78. The lowest BCUT2D eigenvalue weighted by Gasteiger charge is -2.51. The van der Waals surface area contributed by atoms with Gasteiger partial charge < -0.3 is 4.74 Å². The first kappa shape index (κ1) is 15.0. The van der Waals surface area contributed by atoms with Crippen molar-refractivity contribution in [3.05, 3.63) is 0 Å². The van der Waals surface area contributed by atoms with E-state index < -0.39 is 0 Å². The lowest BCUT2D eigenvalue weighted by atomic mass is 9.57. The standard InChI is InChI=1S/C14H26O.C2H6/c1-4-15-13-9-14(10-13)7-5-12(6-8-14)11(2)3;1-2/h11-13H,4-10H2,1-3H3;1-2H3. The van der Waals surface area contributed by atoms with Gasteiger partial charge in [0.2, 0.25) is 0 Å².